The van der Waals surface area contributed by atoms with Gasteiger partial charge in [0.2, 0.25) is 0 Å². The van der Waals surface area contributed by atoms with Crippen LogP contribution in [-0.4, -0.2) is 14.4 Å². The van der Waals surface area contributed by atoms with Gasteiger partial charge in [-0.3, -0.25) is 0 Å². The van der Waals surface area contributed by atoms with Crippen LogP contribution in [0.25, 0.3) is 0 Å². The Bertz CT molecular complexity index is 988. The highest BCUT2D eigenvalue weighted by molar-refractivity contribution is 7.90. The van der Waals surface area contributed by atoms with Crippen molar-refractivity contribution in [1.82, 2.24) is 0 Å². The predicted molar refractivity (Wildman–Crippen MR) is 103 cm³/mol. The third-order valence-electron chi connectivity index (χ3n) is 3.75. The largest absolute Gasteiger partial charge is 0.323 e. The number of anilines is 2. The van der Waals surface area contributed by atoms with E-state index in [1.54, 1.807) is 66.7 Å². The fourth-order valence-corrected chi connectivity index (χ4v) is 3.89. The maximum Gasteiger partial charge on any atom is 0.323 e. The van der Waals surface area contributed by atoms with Crippen molar-refractivity contribution in [3.63, 3.8) is 0 Å². The molecule has 0 fully saturated rings. The van der Waals surface area contributed by atoms with E-state index in [4.69, 9.17) is 0 Å². The van der Waals surface area contributed by atoms with Gasteiger partial charge in [0.1, 0.15) is 0 Å². The van der Waals surface area contributed by atoms with E-state index in [9.17, 15) is 13.2 Å². The van der Waals surface area contributed by atoms with Gasteiger partial charge >= 0.3 is 6.03 Å². The molecule has 0 unspecified atom stereocenters. The SMILES string of the molecule is O=C(Nc1ccccc1)Nc1ccccc1CS(=O)(=O)c1ccccc1. The molecule has 2 amide bonds. The molecule has 26 heavy (non-hydrogen) atoms. The van der Waals surface area contributed by atoms with Crippen molar-refractivity contribution in [2.75, 3.05) is 10.6 Å². The molecule has 0 bridgehead atoms. The number of hydrogen-bond acceptors (Lipinski definition) is 3. The normalized spacial score (nSPS) is 10.9. The molecule has 0 radical (unpaired) electrons. The van der Waals surface area contributed by atoms with Gasteiger partial charge in [0.05, 0.1) is 10.6 Å². The minimum absolute atomic E-state index is 0.196. The summed E-state index contributed by atoms with van der Waals surface area (Å²) < 4.78 is 25.2. The van der Waals surface area contributed by atoms with Crippen molar-refractivity contribution in [3.05, 3.63) is 90.5 Å². The quantitative estimate of drug-likeness (QED) is 0.707. The average molecular weight is 366 g/mol. The van der Waals surface area contributed by atoms with Gasteiger partial charge in [-0.25, -0.2) is 13.2 Å². The molecule has 0 heterocycles. The Morgan fingerprint density at radius 2 is 1.31 bits per heavy atom. The van der Waals surface area contributed by atoms with Gasteiger partial charge in [-0.2, -0.15) is 0 Å². The topological polar surface area (TPSA) is 75.3 Å². The summed E-state index contributed by atoms with van der Waals surface area (Å²) in [6, 6.07) is 23.7. The second-order valence-electron chi connectivity index (χ2n) is 5.67. The Labute approximate surface area is 152 Å². The lowest BCUT2D eigenvalue weighted by atomic mass is 10.2. The van der Waals surface area contributed by atoms with Crippen LogP contribution in [0.2, 0.25) is 0 Å². The summed E-state index contributed by atoms with van der Waals surface area (Å²) in [5, 5.41) is 5.43. The van der Waals surface area contributed by atoms with Crippen LogP contribution in [0.1, 0.15) is 5.56 Å². The summed E-state index contributed by atoms with van der Waals surface area (Å²) in [4.78, 5) is 12.5. The van der Waals surface area contributed by atoms with E-state index in [1.807, 2.05) is 18.2 Å². The minimum atomic E-state index is -3.50. The average Bonchev–Trinajstić information content (AvgIpc) is 2.65. The number of amides is 2. The highest BCUT2D eigenvalue weighted by atomic mass is 32.2. The number of carbonyl (C=O) groups excluding carboxylic acids is 1. The fraction of sp³-hybridized carbons (Fsp3) is 0.0500. The number of para-hydroxylation sites is 2. The molecule has 0 aliphatic heterocycles. The molecule has 0 saturated carbocycles. The van der Waals surface area contributed by atoms with E-state index in [0.717, 1.165) is 0 Å². The molecule has 0 aliphatic carbocycles. The van der Waals surface area contributed by atoms with Crippen LogP contribution in [0.5, 0.6) is 0 Å². The molecule has 0 spiro atoms. The van der Waals surface area contributed by atoms with E-state index in [-0.39, 0.29) is 10.6 Å². The monoisotopic (exact) mass is 366 g/mol. The summed E-state index contributed by atoms with van der Waals surface area (Å²) >= 11 is 0. The number of carbonyl (C=O) groups is 1. The van der Waals surface area contributed by atoms with Crippen molar-refractivity contribution in [2.24, 2.45) is 0 Å². The third-order valence-corrected chi connectivity index (χ3v) is 5.43. The van der Waals surface area contributed by atoms with Crippen LogP contribution in [0.15, 0.2) is 89.8 Å². The lowest BCUT2D eigenvalue weighted by molar-refractivity contribution is 0.262. The van der Waals surface area contributed by atoms with Crippen molar-refractivity contribution < 1.29 is 13.2 Å². The molecule has 2 N–H and O–H groups in total. The number of nitrogens with one attached hydrogen (secondary N) is 2. The van der Waals surface area contributed by atoms with E-state index in [2.05, 4.69) is 10.6 Å². The first-order chi connectivity index (χ1) is 12.5. The van der Waals surface area contributed by atoms with Crippen molar-refractivity contribution in [3.8, 4) is 0 Å². The number of urea groups is 1. The van der Waals surface area contributed by atoms with Gasteiger partial charge in [0.25, 0.3) is 0 Å². The van der Waals surface area contributed by atoms with Gasteiger partial charge in [0, 0.05) is 11.4 Å². The second kappa shape index (κ2) is 7.84. The number of hydrogen-bond donors (Lipinski definition) is 2. The third kappa shape index (κ3) is 4.49. The van der Waals surface area contributed by atoms with Crippen LogP contribution in [0, 0.1) is 0 Å². The summed E-state index contributed by atoms with van der Waals surface area (Å²) in [6.45, 7) is 0. The van der Waals surface area contributed by atoms with Crippen LogP contribution in [0.4, 0.5) is 16.2 Å². The van der Waals surface area contributed by atoms with Gasteiger partial charge in [-0.15, -0.1) is 0 Å². The standard InChI is InChI=1S/C20H18N2O3S/c23-20(21-17-10-3-1-4-11-17)22-19-14-8-7-9-16(19)15-26(24,25)18-12-5-2-6-13-18/h1-14H,15H2,(H2,21,22,23). The first-order valence-electron chi connectivity index (χ1n) is 8.03. The number of rotatable bonds is 5. The highest BCUT2D eigenvalue weighted by Crippen LogP contribution is 2.22. The molecule has 0 atom stereocenters. The van der Waals surface area contributed by atoms with Crippen molar-refractivity contribution in [2.45, 2.75) is 10.6 Å². The molecule has 6 heteroatoms. The lowest BCUT2D eigenvalue weighted by Crippen LogP contribution is -2.20. The van der Waals surface area contributed by atoms with Gasteiger partial charge in [-0.1, -0.05) is 54.6 Å². The van der Waals surface area contributed by atoms with E-state index in [0.29, 0.717) is 16.9 Å². The van der Waals surface area contributed by atoms with Crippen LogP contribution < -0.4 is 10.6 Å². The summed E-state index contributed by atoms with van der Waals surface area (Å²) in [7, 11) is -3.50. The van der Waals surface area contributed by atoms with E-state index < -0.39 is 15.9 Å². The molecule has 3 rings (SSSR count). The van der Waals surface area contributed by atoms with E-state index in [1.165, 1.54) is 0 Å². The van der Waals surface area contributed by atoms with Crippen LogP contribution >= 0.6 is 0 Å². The molecular weight excluding hydrogens is 348 g/mol. The second-order valence-corrected chi connectivity index (χ2v) is 7.66. The maximum atomic E-state index is 12.6. The Balaban J connectivity index is 1.77. The number of benzene rings is 3. The van der Waals surface area contributed by atoms with Gasteiger partial charge in [-0.05, 0) is 35.9 Å². The molecule has 0 saturated heterocycles. The minimum Gasteiger partial charge on any atom is -0.308 e. The molecule has 0 aromatic heterocycles. The highest BCUT2D eigenvalue weighted by Gasteiger charge is 2.17. The van der Waals surface area contributed by atoms with Gasteiger partial charge in [0.15, 0.2) is 9.84 Å². The molecular formula is C20H18N2O3S. The van der Waals surface area contributed by atoms with Crippen molar-refractivity contribution >= 4 is 27.2 Å². The zero-order valence-electron chi connectivity index (χ0n) is 13.9. The maximum absolute atomic E-state index is 12.6. The molecule has 0 aliphatic rings. The number of sulfone groups is 1. The first-order valence-corrected chi connectivity index (χ1v) is 9.68. The summed E-state index contributed by atoms with van der Waals surface area (Å²) in [6.07, 6.45) is 0. The predicted octanol–water partition coefficient (Wildman–Crippen LogP) is 4.30. The summed E-state index contributed by atoms with van der Waals surface area (Å²) in [5.74, 6) is -0.196. The zero-order chi connectivity index (χ0) is 18.4. The van der Waals surface area contributed by atoms with Crippen LogP contribution in [0.3, 0.4) is 0 Å². The Kier molecular flexibility index (Phi) is 5.34. The first kappa shape index (κ1) is 17.7. The summed E-state index contributed by atoms with van der Waals surface area (Å²) in [5.41, 5.74) is 1.64. The lowest BCUT2D eigenvalue weighted by Gasteiger charge is -2.12. The molecule has 5 nitrogen and oxygen atoms in total. The van der Waals surface area contributed by atoms with E-state index >= 15 is 0 Å². The zero-order valence-corrected chi connectivity index (χ0v) is 14.7. The van der Waals surface area contributed by atoms with Crippen molar-refractivity contribution in [1.29, 1.82) is 0 Å². The Hall–Kier alpha value is -3.12. The molecule has 3 aromatic carbocycles. The van der Waals surface area contributed by atoms with Crippen LogP contribution in [-0.2, 0) is 15.6 Å². The molecule has 3 aromatic rings. The Morgan fingerprint density at radius 3 is 2.00 bits per heavy atom. The Morgan fingerprint density at radius 1 is 0.731 bits per heavy atom. The fourth-order valence-electron chi connectivity index (χ4n) is 2.49. The smallest absolute Gasteiger partial charge is 0.308 e. The molecule has 132 valence electrons. The van der Waals surface area contributed by atoms with Gasteiger partial charge < -0.3 is 10.6 Å².